The third-order valence-corrected chi connectivity index (χ3v) is 13.4. The maximum Gasteiger partial charge on any atom is 0.164 e. The second-order valence-corrected chi connectivity index (χ2v) is 16.5. The molecule has 0 spiro atoms. The Kier molecular flexibility index (Phi) is 7.14. The van der Waals surface area contributed by atoms with Crippen molar-refractivity contribution in [2.75, 3.05) is 0 Å². The summed E-state index contributed by atoms with van der Waals surface area (Å²) in [5.41, 5.74) is 6.81. The third-order valence-electron chi connectivity index (χ3n) is 12.1. The van der Waals surface area contributed by atoms with Gasteiger partial charge in [-0.3, -0.25) is 0 Å². The van der Waals surface area contributed by atoms with Crippen LogP contribution in [0.25, 0.3) is 130 Å². The van der Waals surface area contributed by atoms with E-state index in [1.807, 2.05) is 59.9 Å². The molecule has 0 atom stereocenters. The Morgan fingerprint density at radius 1 is 0.317 bits per heavy atom. The van der Waals surface area contributed by atoms with Gasteiger partial charge in [-0.25, -0.2) is 15.0 Å². The first-order chi connectivity index (χ1) is 29.7. The van der Waals surface area contributed by atoms with E-state index in [1.165, 1.54) is 63.6 Å². The van der Waals surface area contributed by atoms with E-state index in [9.17, 15) is 0 Å². The van der Waals surface area contributed by atoms with Crippen LogP contribution in [0.1, 0.15) is 0 Å². The van der Waals surface area contributed by atoms with Gasteiger partial charge in [0.05, 0.1) is 0 Å². The van der Waals surface area contributed by atoms with Crippen molar-refractivity contribution < 1.29 is 4.42 Å². The molecule has 13 aromatic rings. The van der Waals surface area contributed by atoms with Crippen LogP contribution in [-0.4, -0.2) is 15.0 Å². The molecular formula is C55H31N3OS. The fraction of sp³-hybridized carbons (Fsp3) is 0. The van der Waals surface area contributed by atoms with Gasteiger partial charge in [0.1, 0.15) is 11.2 Å². The summed E-state index contributed by atoms with van der Waals surface area (Å²) in [4.78, 5) is 15.7. The van der Waals surface area contributed by atoms with Crippen LogP contribution in [0.5, 0.6) is 0 Å². The summed E-state index contributed by atoms with van der Waals surface area (Å²) < 4.78 is 8.94. The van der Waals surface area contributed by atoms with Crippen molar-refractivity contribution in [3.05, 3.63) is 188 Å². The van der Waals surface area contributed by atoms with Crippen LogP contribution in [-0.2, 0) is 0 Å². The first-order valence-corrected chi connectivity index (χ1v) is 21.0. The molecular weight excluding hydrogens is 751 g/mol. The summed E-state index contributed by atoms with van der Waals surface area (Å²) in [6, 6.07) is 66.7. The molecule has 60 heavy (non-hydrogen) atoms. The van der Waals surface area contributed by atoms with E-state index in [4.69, 9.17) is 19.4 Å². The van der Waals surface area contributed by atoms with Gasteiger partial charge in [-0.2, -0.15) is 0 Å². The van der Waals surface area contributed by atoms with Crippen molar-refractivity contribution >= 4 is 96.5 Å². The van der Waals surface area contributed by atoms with Gasteiger partial charge in [0.15, 0.2) is 17.5 Å². The lowest BCUT2D eigenvalue weighted by Crippen LogP contribution is -2.01. The Morgan fingerprint density at radius 2 is 0.917 bits per heavy atom. The lowest BCUT2D eigenvalue weighted by Gasteiger charge is -2.15. The molecule has 0 aliphatic rings. The summed E-state index contributed by atoms with van der Waals surface area (Å²) in [5, 5.41) is 14.4. The zero-order valence-corrected chi connectivity index (χ0v) is 32.9. The van der Waals surface area contributed by atoms with Gasteiger partial charge >= 0.3 is 0 Å². The standard InChI is InChI=1S/C55H31N3OS/c1-2-15-34(16-3-1)53-56-54(58-55(57-53)44-22-12-24-47-49(44)42-21-10-11-23-46(42)59-47)41-30-29-40(38-19-8-9-20-39(38)41)45-31-35-26-25-32-13-4-6-17-36(32)48(35)52-50(45)43-28-27-33-14-5-7-18-37(33)51(43)60-52/h1-31H. The Hall–Kier alpha value is -7.73. The van der Waals surface area contributed by atoms with E-state index in [-0.39, 0.29) is 0 Å². The van der Waals surface area contributed by atoms with Gasteiger partial charge in [0.25, 0.3) is 0 Å². The van der Waals surface area contributed by atoms with Crippen LogP contribution in [0.3, 0.4) is 0 Å². The molecule has 0 amide bonds. The maximum absolute atomic E-state index is 6.31. The first kappa shape index (κ1) is 33.3. The van der Waals surface area contributed by atoms with E-state index >= 15 is 0 Å². The zero-order chi connectivity index (χ0) is 39.3. The van der Waals surface area contributed by atoms with Crippen LogP contribution in [0.4, 0.5) is 0 Å². The number of aromatic nitrogens is 3. The highest BCUT2D eigenvalue weighted by atomic mass is 32.1. The van der Waals surface area contributed by atoms with Crippen molar-refractivity contribution in [2.24, 2.45) is 0 Å². The molecule has 3 aromatic heterocycles. The van der Waals surface area contributed by atoms with Crippen LogP contribution in [0.15, 0.2) is 192 Å². The normalized spacial score (nSPS) is 12.0. The van der Waals surface area contributed by atoms with Crippen molar-refractivity contribution in [2.45, 2.75) is 0 Å². The Balaban J connectivity index is 1.09. The number of hydrogen-bond donors (Lipinski definition) is 0. The summed E-state index contributed by atoms with van der Waals surface area (Å²) in [6.07, 6.45) is 0. The summed E-state index contributed by atoms with van der Waals surface area (Å²) >= 11 is 1.92. The predicted octanol–water partition coefficient (Wildman–Crippen LogP) is 15.4. The molecule has 3 heterocycles. The predicted molar refractivity (Wildman–Crippen MR) is 252 cm³/mol. The molecule has 278 valence electrons. The molecule has 0 aliphatic heterocycles. The number of nitrogens with zero attached hydrogens (tertiary/aromatic N) is 3. The lowest BCUT2D eigenvalue weighted by atomic mass is 9.89. The lowest BCUT2D eigenvalue weighted by molar-refractivity contribution is 0.669. The Bertz CT molecular complexity index is 3900. The molecule has 0 saturated heterocycles. The zero-order valence-electron chi connectivity index (χ0n) is 32.1. The van der Waals surface area contributed by atoms with Crippen LogP contribution in [0, 0.1) is 0 Å². The van der Waals surface area contributed by atoms with E-state index in [1.54, 1.807) is 0 Å². The molecule has 0 N–H and O–H groups in total. The number of benzene rings is 10. The molecule has 13 rings (SSSR count). The molecule has 0 unspecified atom stereocenters. The average molecular weight is 782 g/mol. The highest BCUT2D eigenvalue weighted by Gasteiger charge is 2.22. The molecule has 0 fully saturated rings. The highest BCUT2D eigenvalue weighted by Crippen LogP contribution is 2.49. The van der Waals surface area contributed by atoms with E-state index in [0.717, 1.165) is 49.4 Å². The van der Waals surface area contributed by atoms with Crippen molar-refractivity contribution in [3.8, 4) is 45.3 Å². The maximum atomic E-state index is 6.31. The van der Waals surface area contributed by atoms with Crippen molar-refractivity contribution in [1.29, 1.82) is 0 Å². The fourth-order valence-electron chi connectivity index (χ4n) is 9.39. The first-order valence-electron chi connectivity index (χ1n) is 20.2. The molecule has 4 nitrogen and oxygen atoms in total. The third kappa shape index (κ3) is 4.93. The number of fused-ring (bicyclic) bond motifs is 13. The molecule has 0 aliphatic carbocycles. The van der Waals surface area contributed by atoms with Gasteiger partial charge in [-0.15, -0.1) is 11.3 Å². The Morgan fingerprint density at radius 3 is 1.75 bits per heavy atom. The van der Waals surface area contributed by atoms with Crippen molar-refractivity contribution in [3.63, 3.8) is 0 Å². The molecule has 0 bridgehead atoms. The molecule has 0 radical (unpaired) electrons. The minimum Gasteiger partial charge on any atom is -0.456 e. The minimum atomic E-state index is 0.601. The van der Waals surface area contributed by atoms with Crippen molar-refractivity contribution in [1.82, 2.24) is 15.0 Å². The average Bonchev–Trinajstić information content (AvgIpc) is 3.91. The van der Waals surface area contributed by atoms with E-state index in [2.05, 4.69) is 140 Å². The van der Waals surface area contributed by atoms with E-state index < -0.39 is 0 Å². The second-order valence-electron chi connectivity index (χ2n) is 15.4. The smallest absolute Gasteiger partial charge is 0.164 e. The van der Waals surface area contributed by atoms with Gasteiger partial charge in [-0.05, 0) is 73.1 Å². The number of furan rings is 1. The fourth-order valence-corrected chi connectivity index (χ4v) is 10.8. The topological polar surface area (TPSA) is 51.8 Å². The second kappa shape index (κ2) is 12.9. The molecule has 0 saturated carbocycles. The summed E-state index contributed by atoms with van der Waals surface area (Å²) in [5.74, 6) is 1.84. The quantitative estimate of drug-likeness (QED) is 0.167. The van der Waals surface area contributed by atoms with Crippen LogP contribution in [0.2, 0.25) is 0 Å². The number of rotatable bonds is 4. The number of para-hydroxylation sites is 1. The minimum absolute atomic E-state index is 0.601. The molecule has 10 aromatic carbocycles. The number of hydrogen-bond acceptors (Lipinski definition) is 5. The largest absolute Gasteiger partial charge is 0.456 e. The SMILES string of the molecule is c1ccc(-c2nc(-c3ccc(-c4cc5ccc6ccccc6c5c5sc6c7ccccc7ccc6c45)c4ccccc34)nc(-c3cccc4oc5ccccc5c34)n2)cc1. The van der Waals surface area contributed by atoms with Gasteiger partial charge < -0.3 is 4.42 Å². The monoisotopic (exact) mass is 781 g/mol. The summed E-state index contributed by atoms with van der Waals surface area (Å²) in [7, 11) is 0. The van der Waals surface area contributed by atoms with Gasteiger partial charge in [-0.1, -0.05) is 164 Å². The molecule has 5 heteroatoms. The van der Waals surface area contributed by atoms with E-state index in [0.29, 0.717) is 17.5 Å². The van der Waals surface area contributed by atoms with Crippen LogP contribution >= 0.6 is 11.3 Å². The van der Waals surface area contributed by atoms with Crippen LogP contribution < -0.4 is 0 Å². The summed E-state index contributed by atoms with van der Waals surface area (Å²) in [6.45, 7) is 0. The Labute approximate surface area is 347 Å². The highest BCUT2D eigenvalue weighted by molar-refractivity contribution is 7.27. The van der Waals surface area contributed by atoms with Gasteiger partial charge in [0.2, 0.25) is 0 Å². The number of thiophene rings is 1. The van der Waals surface area contributed by atoms with Gasteiger partial charge in [0, 0.05) is 53.0 Å².